The summed E-state index contributed by atoms with van der Waals surface area (Å²) in [6, 6.07) is 0. The molecule has 0 N–H and O–H groups in total. The first-order chi connectivity index (χ1) is 8.31. The Bertz CT molecular complexity index is 219. The molecule has 0 aromatic heterocycles. The van der Waals surface area contributed by atoms with Gasteiger partial charge in [-0.3, -0.25) is 0 Å². The van der Waals surface area contributed by atoms with Gasteiger partial charge in [-0.15, -0.1) is 0 Å². The van der Waals surface area contributed by atoms with E-state index in [1.165, 1.54) is 32.1 Å². The van der Waals surface area contributed by atoms with E-state index >= 15 is 0 Å². The number of ether oxygens (including phenoxy) is 1. The molecule has 1 saturated carbocycles. The largest absolute Gasteiger partial charge is 0.397 e. The van der Waals surface area contributed by atoms with Crippen molar-refractivity contribution >= 4 is 9.28 Å². The molecule has 2 fully saturated rings. The predicted octanol–water partition coefficient (Wildman–Crippen LogP) is 2.63. The third kappa shape index (κ3) is 4.36. The van der Waals surface area contributed by atoms with Crippen molar-refractivity contribution < 1.29 is 13.6 Å². The van der Waals surface area contributed by atoms with Crippen LogP contribution in [0.4, 0.5) is 0 Å². The molecular formula is C13H26O3Si. The number of epoxide rings is 1. The third-order valence-corrected chi connectivity index (χ3v) is 5.40. The molecule has 1 heterocycles. The van der Waals surface area contributed by atoms with Crippen LogP contribution in [0.15, 0.2) is 0 Å². The average Bonchev–Trinajstić information content (AvgIpc) is 3.10. The van der Waals surface area contributed by atoms with Gasteiger partial charge in [0.1, 0.15) is 0 Å². The molecule has 3 atom stereocenters. The molecule has 0 bridgehead atoms. The average molecular weight is 258 g/mol. The molecule has 1 aliphatic carbocycles. The van der Waals surface area contributed by atoms with Crippen LogP contribution in [0.1, 0.15) is 45.4 Å². The summed E-state index contributed by atoms with van der Waals surface area (Å²) in [5.74, 6) is 0.843. The van der Waals surface area contributed by atoms with E-state index in [-0.39, 0.29) is 0 Å². The zero-order valence-electron chi connectivity index (χ0n) is 11.2. The molecule has 4 heteroatoms. The van der Waals surface area contributed by atoms with Crippen LogP contribution in [0.25, 0.3) is 0 Å². The number of hydrogen-bond donors (Lipinski definition) is 0. The zero-order chi connectivity index (χ0) is 12.1. The minimum Gasteiger partial charge on any atom is -0.397 e. The van der Waals surface area contributed by atoms with Gasteiger partial charge in [-0.25, -0.2) is 0 Å². The van der Waals surface area contributed by atoms with Gasteiger partial charge in [0.15, 0.2) is 0 Å². The Morgan fingerprint density at radius 2 is 1.94 bits per heavy atom. The fourth-order valence-electron chi connectivity index (χ4n) is 2.90. The van der Waals surface area contributed by atoms with Crippen LogP contribution in [-0.2, 0) is 13.6 Å². The smallest absolute Gasteiger partial charge is 0.318 e. The summed E-state index contributed by atoms with van der Waals surface area (Å²) >= 11 is 0. The van der Waals surface area contributed by atoms with Gasteiger partial charge in [0.2, 0.25) is 0 Å². The van der Waals surface area contributed by atoms with Gasteiger partial charge in [0.05, 0.1) is 12.2 Å². The molecule has 0 aromatic rings. The van der Waals surface area contributed by atoms with Crippen LogP contribution in [-0.4, -0.2) is 34.7 Å². The molecule has 0 aromatic carbocycles. The first kappa shape index (κ1) is 13.5. The summed E-state index contributed by atoms with van der Waals surface area (Å²) in [6.07, 6.45) is 9.10. The highest BCUT2D eigenvalue weighted by Gasteiger charge is 2.44. The Morgan fingerprint density at radius 1 is 1.18 bits per heavy atom. The van der Waals surface area contributed by atoms with Gasteiger partial charge in [-0.05, 0) is 38.7 Å². The van der Waals surface area contributed by atoms with E-state index in [1.54, 1.807) is 0 Å². The van der Waals surface area contributed by atoms with Gasteiger partial charge in [0, 0.05) is 13.2 Å². The summed E-state index contributed by atoms with van der Waals surface area (Å²) < 4.78 is 17.0. The molecule has 3 unspecified atom stereocenters. The highest BCUT2D eigenvalue weighted by molar-refractivity contribution is 6.42. The van der Waals surface area contributed by atoms with Crippen molar-refractivity contribution in [3.05, 3.63) is 0 Å². The van der Waals surface area contributed by atoms with Gasteiger partial charge in [0.25, 0.3) is 0 Å². The molecule has 2 rings (SSSR count). The molecule has 100 valence electrons. The lowest BCUT2D eigenvalue weighted by molar-refractivity contribution is 0.200. The Kier molecular flexibility index (Phi) is 5.47. The van der Waals surface area contributed by atoms with Gasteiger partial charge < -0.3 is 13.6 Å². The molecule has 0 amide bonds. The maximum atomic E-state index is 5.79. The second-order valence-corrected chi connectivity index (χ2v) is 7.02. The lowest BCUT2D eigenvalue weighted by Gasteiger charge is -2.19. The van der Waals surface area contributed by atoms with E-state index in [4.69, 9.17) is 13.6 Å². The number of hydrogen-bond acceptors (Lipinski definition) is 3. The van der Waals surface area contributed by atoms with Crippen LogP contribution in [0, 0.1) is 5.92 Å². The zero-order valence-corrected chi connectivity index (χ0v) is 12.3. The maximum absolute atomic E-state index is 5.79. The predicted molar refractivity (Wildman–Crippen MR) is 70.4 cm³/mol. The van der Waals surface area contributed by atoms with Crippen LogP contribution in [0.3, 0.4) is 0 Å². The molecule has 3 nitrogen and oxygen atoms in total. The highest BCUT2D eigenvalue weighted by atomic mass is 28.3. The SMILES string of the molecule is CCO[SiH](C)OCCC1OC1C1CCCCC1. The van der Waals surface area contributed by atoms with Gasteiger partial charge in [-0.2, -0.15) is 0 Å². The fourth-order valence-corrected chi connectivity index (χ4v) is 3.93. The summed E-state index contributed by atoms with van der Waals surface area (Å²) in [4.78, 5) is 0. The van der Waals surface area contributed by atoms with E-state index in [0.29, 0.717) is 12.2 Å². The lowest BCUT2D eigenvalue weighted by atomic mass is 9.85. The quantitative estimate of drug-likeness (QED) is 0.519. The van der Waals surface area contributed by atoms with Crippen LogP contribution in [0.5, 0.6) is 0 Å². The first-order valence-corrected chi connectivity index (χ1v) is 9.29. The van der Waals surface area contributed by atoms with E-state index in [9.17, 15) is 0 Å². The maximum Gasteiger partial charge on any atom is 0.318 e. The van der Waals surface area contributed by atoms with Crippen LogP contribution in [0.2, 0.25) is 6.55 Å². The van der Waals surface area contributed by atoms with Crippen LogP contribution >= 0.6 is 0 Å². The third-order valence-electron chi connectivity index (χ3n) is 3.89. The summed E-state index contributed by atoms with van der Waals surface area (Å²) in [7, 11) is -1.34. The molecule has 2 aliphatic rings. The van der Waals surface area contributed by atoms with E-state index in [0.717, 1.165) is 25.6 Å². The first-order valence-electron chi connectivity index (χ1n) is 7.20. The topological polar surface area (TPSA) is 31.0 Å². The van der Waals surface area contributed by atoms with Crippen molar-refractivity contribution in [2.45, 2.75) is 64.2 Å². The molecular weight excluding hydrogens is 232 g/mol. The monoisotopic (exact) mass is 258 g/mol. The number of rotatable bonds is 7. The highest BCUT2D eigenvalue weighted by Crippen LogP contribution is 2.39. The van der Waals surface area contributed by atoms with E-state index < -0.39 is 9.28 Å². The molecule has 17 heavy (non-hydrogen) atoms. The lowest BCUT2D eigenvalue weighted by Crippen LogP contribution is -2.20. The Balaban J connectivity index is 1.53. The molecule has 0 radical (unpaired) electrons. The van der Waals surface area contributed by atoms with Gasteiger partial charge >= 0.3 is 9.28 Å². The van der Waals surface area contributed by atoms with Crippen molar-refractivity contribution in [1.82, 2.24) is 0 Å². The Hall–Kier alpha value is 0.0969. The fraction of sp³-hybridized carbons (Fsp3) is 1.00. The van der Waals surface area contributed by atoms with Crippen molar-refractivity contribution in [3.63, 3.8) is 0 Å². The minimum atomic E-state index is -1.34. The van der Waals surface area contributed by atoms with E-state index in [1.807, 2.05) is 6.92 Å². The molecule has 1 aliphatic heterocycles. The van der Waals surface area contributed by atoms with Crippen LogP contribution < -0.4 is 0 Å². The second-order valence-electron chi connectivity index (χ2n) is 5.22. The van der Waals surface area contributed by atoms with E-state index in [2.05, 4.69) is 6.55 Å². The molecule has 1 saturated heterocycles. The second kappa shape index (κ2) is 6.88. The normalized spacial score (nSPS) is 31.4. The summed E-state index contributed by atoms with van der Waals surface area (Å²) in [5, 5.41) is 0. The minimum absolute atomic E-state index is 0.487. The summed E-state index contributed by atoms with van der Waals surface area (Å²) in [5.41, 5.74) is 0. The van der Waals surface area contributed by atoms with Gasteiger partial charge in [-0.1, -0.05) is 19.3 Å². The summed E-state index contributed by atoms with van der Waals surface area (Å²) in [6.45, 7) is 5.71. The Labute approximate surface area is 107 Å². The van der Waals surface area contributed by atoms with Crippen molar-refractivity contribution in [3.8, 4) is 0 Å². The standard InChI is InChI=1S/C13H26O3Si/c1-3-14-17(2)15-10-9-12-13(16-12)11-7-5-4-6-8-11/h11-13,17H,3-10H2,1-2H3. The van der Waals surface area contributed by atoms with Crippen molar-refractivity contribution in [2.24, 2.45) is 5.92 Å². The Morgan fingerprint density at radius 3 is 2.65 bits per heavy atom. The van der Waals surface area contributed by atoms with Crippen molar-refractivity contribution in [2.75, 3.05) is 13.2 Å². The van der Waals surface area contributed by atoms with Crippen molar-refractivity contribution in [1.29, 1.82) is 0 Å². The molecule has 0 spiro atoms.